The Morgan fingerprint density at radius 2 is 2.06 bits per heavy atom. The van der Waals surface area contributed by atoms with Gasteiger partial charge < -0.3 is 15.5 Å². The maximum absolute atomic E-state index is 11.8. The first-order valence-corrected chi connectivity index (χ1v) is 5.67. The van der Waals surface area contributed by atoms with Crippen LogP contribution in [0.5, 0.6) is 5.75 Å². The van der Waals surface area contributed by atoms with Crippen molar-refractivity contribution in [1.82, 2.24) is 5.32 Å². The Morgan fingerprint density at radius 3 is 2.53 bits per heavy atom. The van der Waals surface area contributed by atoms with Crippen molar-refractivity contribution in [3.05, 3.63) is 29.3 Å². The predicted octanol–water partition coefficient (Wildman–Crippen LogP) is 1.45. The lowest BCUT2D eigenvalue weighted by Gasteiger charge is -2.20. The Morgan fingerprint density at radius 1 is 1.41 bits per heavy atom. The van der Waals surface area contributed by atoms with Gasteiger partial charge in [-0.2, -0.15) is 0 Å². The van der Waals surface area contributed by atoms with Crippen LogP contribution < -0.4 is 5.32 Å². The van der Waals surface area contributed by atoms with E-state index < -0.39 is 0 Å². The molecule has 0 aliphatic carbocycles. The summed E-state index contributed by atoms with van der Waals surface area (Å²) >= 11 is 0. The quantitative estimate of drug-likeness (QED) is 0.742. The second-order valence-electron chi connectivity index (χ2n) is 4.51. The van der Waals surface area contributed by atoms with Crippen LogP contribution in [0.1, 0.15) is 29.8 Å². The first-order chi connectivity index (χ1) is 7.95. The molecule has 1 unspecified atom stereocenters. The summed E-state index contributed by atoms with van der Waals surface area (Å²) in [5.41, 5.74) is 1.12. The molecule has 0 fully saturated rings. The number of carbonyl (C=O) groups is 1. The zero-order valence-corrected chi connectivity index (χ0v) is 10.4. The Labute approximate surface area is 101 Å². The summed E-state index contributed by atoms with van der Waals surface area (Å²) < 4.78 is 0. The molecular formula is C13H19NO3. The largest absolute Gasteiger partial charge is 0.508 e. The van der Waals surface area contributed by atoms with E-state index in [1.54, 1.807) is 19.1 Å². The van der Waals surface area contributed by atoms with Gasteiger partial charge in [-0.05, 0) is 30.5 Å². The summed E-state index contributed by atoms with van der Waals surface area (Å²) in [5, 5.41) is 21.4. The number of benzene rings is 1. The number of amides is 1. The number of hydrogen-bond donors (Lipinski definition) is 3. The van der Waals surface area contributed by atoms with Crippen LogP contribution in [0.4, 0.5) is 0 Å². The van der Waals surface area contributed by atoms with E-state index in [0.717, 1.165) is 5.56 Å². The molecule has 4 nitrogen and oxygen atoms in total. The van der Waals surface area contributed by atoms with Gasteiger partial charge in [0, 0.05) is 5.56 Å². The molecule has 0 spiro atoms. The van der Waals surface area contributed by atoms with Crippen molar-refractivity contribution >= 4 is 5.91 Å². The fourth-order valence-electron chi connectivity index (χ4n) is 1.43. The lowest BCUT2D eigenvalue weighted by atomic mass is 10.0. The number of phenols is 1. The number of aliphatic hydroxyl groups is 1. The average Bonchev–Trinajstić information content (AvgIpc) is 2.28. The monoisotopic (exact) mass is 237 g/mol. The number of phenolic OH excluding ortho intramolecular Hbond substituents is 1. The van der Waals surface area contributed by atoms with Gasteiger partial charge in [0.05, 0.1) is 12.6 Å². The highest BCUT2D eigenvalue weighted by Crippen LogP contribution is 2.17. The van der Waals surface area contributed by atoms with Crippen LogP contribution in [0.2, 0.25) is 0 Å². The van der Waals surface area contributed by atoms with E-state index in [1.165, 1.54) is 6.07 Å². The first-order valence-electron chi connectivity index (χ1n) is 5.67. The lowest BCUT2D eigenvalue weighted by molar-refractivity contribution is 0.0896. The molecule has 1 rings (SSSR count). The van der Waals surface area contributed by atoms with Crippen LogP contribution in [0.15, 0.2) is 18.2 Å². The van der Waals surface area contributed by atoms with Gasteiger partial charge >= 0.3 is 0 Å². The van der Waals surface area contributed by atoms with Gasteiger partial charge in [-0.25, -0.2) is 0 Å². The molecule has 1 atom stereocenters. The van der Waals surface area contributed by atoms with Crippen LogP contribution in [0.25, 0.3) is 0 Å². The minimum absolute atomic E-state index is 0.0960. The Bertz CT molecular complexity index is 402. The number of hydrogen-bond acceptors (Lipinski definition) is 3. The predicted molar refractivity (Wildman–Crippen MR) is 66.0 cm³/mol. The molecule has 1 aromatic rings. The van der Waals surface area contributed by atoms with E-state index in [0.29, 0.717) is 5.56 Å². The van der Waals surface area contributed by atoms with Crippen molar-refractivity contribution in [2.75, 3.05) is 6.61 Å². The van der Waals surface area contributed by atoms with E-state index in [1.807, 2.05) is 13.8 Å². The third-order valence-corrected chi connectivity index (χ3v) is 2.79. The Kier molecular flexibility index (Phi) is 4.52. The minimum atomic E-state index is -0.284. The summed E-state index contributed by atoms with van der Waals surface area (Å²) in [6, 6.07) is 4.50. The number of aliphatic hydroxyl groups excluding tert-OH is 1. The molecule has 0 aromatic heterocycles. The number of nitrogens with one attached hydrogen (secondary N) is 1. The summed E-state index contributed by atoms with van der Waals surface area (Å²) in [7, 11) is 0. The molecule has 94 valence electrons. The maximum atomic E-state index is 11.8. The highest BCUT2D eigenvalue weighted by Gasteiger charge is 2.16. The van der Waals surface area contributed by atoms with Crippen molar-refractivity contribution in [2.24, 2.45) is 5.92 Å². The van der Waals surface area contributed by atoms with Gasteiger partial charge in [0.25, 0.3) is 5.91 Å². The number of aromatic hydroxyl groups is 1. The normalized spacial score (nSPS) is 12.5. The SMILES string of the molecule is Cc1ccc(C(=O)NC(CO)C(C)C)cc1O. The average molecular weight is 237 g/mol. The summed E-state index contributed by atoms with van der Waals surface area (Å²) in [6.07, 6.45) is 0. The molecular weight excluding hydrogens is 218 g/mol. The number of carbonyl (C=O) groups excluding carboxylic acids is 1. The number of rotatable bonds is 4. The van der Waals surface area contributed by atoms with Crippen molar-refractivity contribution in [1.29, 1.82) is 0 Å². The van der Waals surface area contributed by atoms with Crippen molar-refractivity contribution in [2.45, 2.75) is 26.8 Å². The van der Waals surface area contributed by atoms with Gasteiger partial charge in [0.2, 0.25) is 0 Å². The molecule has 0 radical (unpaired) electrons. The lowest BCUT2D eigenvalue weighted by Crippen LogP contribution is -2.41. The molecule has 0 saturated carbocycles. The van der Waals surface area contributed by atoms with Crippen LogP contribution in [0, 0.1) is 12.8 Å². The minimum Gasteiger partial charge on any atom is -0.508 e. The second kappa shape index (κ2) is 5.68. The summed E-state index contributed by atoms with van der Waals surface area (Å²) in [4.78, 5) is 11.8. The zero-order chi connectivity index (χ0) is 13.0. The van der Waals surface area contributed by atoms with Crippen LogP contribution in [-0.4, -0.2) is 28.8 Å². The van der Waals surface area contributed by atoms with Gasteiger partial charge in [-0.15, -0.1) is 0 Å². The molecule has 0 bridgehead atoms. The fourth-order valence-corrected chi connectivity index (χ4v) is 1.43. The standard InChI is InChI=1S/C13H19NO3/c1-8(2)11(7-15)14-13(17)10-5-4-9(3)12(16)6-10/h4-6,8,11,15-16H,7H2,1-3H3,(H,14,17). The van der Waals surface area contributed by atoms with Crippen LogP contribution in [-0.2, 0) is 0 Å². The first kappa shape index (κ1) is 13.5. The highest BCUT2D eigenvalue weighted by molar-refractivity contribution is 5.94. The van der Waals surface area contributed by atoms with Crippen LogP contribution >= 0.6 is 0 Å². The molecule has 1 aromatic carbocycles. The molecule has 0 heterocycles. The Balaban J connectivity index is 2.79. The smallest absolute Gasteiger partial charge is 0.251 e. The van der Waals surface area contributed by atoms with E-state index >= 15 is 0 Å². The Hall–Kier alpha value is -1.55. The zero-order valence-electron chi connectivity index (χ0n) is 10.4. The fraction of sp³-hybridized carbons (Fsp3) is 0.462. The molecule has 17 heavy (non-hydrogen) atoms. The van der Waals surface area contributed by atoms with E-state index in [4.69, 9.17) is 5.11 Å². The highest BCUT2D eigenvalue weighted by atomic mass is 16.3. The molecule has 4 heteroatoms. The van der Waals surface area contributed by atoms with Crippen LogP contribution in [0.3, 0.4) is 0 Å². The van der Waals surface area contributed by atoms with Gasteiger partial charge in [-0.3, -0.25) is 4.79 Å². The van der Waals surface area contributed by atoms with Crippen molar-refractivity contribution in [3.63, 3.8) is 0 Å². The maximum Gasteiger partial charge on any atom is 0.251 e. The van der Waals surface area contributed by atoms with Crippen molar-refractivity contribution in [3.8, 4) is 5.75 Å². The topological polar surface area (TPSA) is 69.6 Å². The second-order valence-corrected chi connectivity index (χ2v) is 4.51. The summed E-state index contributed by atoms with van der Waals surface area (Å²) in [6.45, 7) is 5.52. The third-order valence-electron chi connectivity index (χ3n) is 2.79. The van der Waals surface area contributed by atoms with E-state index in [2.05, 4.69) is 5.32 Å². The summed E-state index contributed by atoms with van der Waals surface area (Å²) in [5.74, 6) is -0.0289. The molecule has 0 aliphatic rings. The molecule has 3 N–H and O–H groups in total. The van der Waals surface area contributed by atoms with Gasteiger partial charge in [0.15, 0.2) is 0 Å². The van der Waals surface area contributed by atoms with E-state index in [-0.39, 0.29) is 30.2 Å². The molecule has 0 aliphatic heterocycles. The van der Waals surface area contributed by atoms with Crippen molar-refractivity contribution < 1.29 is 15.0 Å². The number of aryl methyl sites for hydroxylation is 1. The van der Waals surface area contributed by atoms with E-state index in [9.17, 15) is 9.90 Å². The third kappa shape index (κ3) is 3.46. The van der Waals surface area contributed by atoms with Gasteiger partial charge in [0.1, 0.15) is 5.75 Å². The van der Waals surface area contributed by atoms with Gasteiger partial charge in [-0.1, -0.05) is 19.9 Å². The molecule has 1 amide bonds. The molecule has 0 saturated heterocycles.